The first-order chi connectivity index (χ1) is 14.1. The Labute approximate surface area is 171 Å². The maximum absolute atomic E-state index is 13.5. The summed E-state index contributed by atoms with van der Waals surface area (Å²) < 4.78 is 0. The Bertz CT molecular complexity index is 983. The summed E-state index contributed by atoms with van der Waals surface area (Å²) in [6, 6.07) is 20.0. The highest BCUT2D eigenvalue weighted by Gasteiger charge is 2.28. The zero-order chi connectivity index (χ0) is 20.2. The van der Waals surface area contributed by atoms with Crippen LogP contribution in [0.3, 0.4) is 0 Å². The van der Waals surface area contributed by atoms with Gasteiger partial charge in [-0.25, -0.2) is 9.97 Å². The molecule has 4 rings (SSSR count). The molecular formula is C24H26N4O. The Morgan fingerprint density at radius 3 is 2.38 bits per heavy atom. The Morgan fingerprint density at radius 1 is 1.00 bits per heavy atom. The van der Waals surface area contributed by atoms with Crippen LogP contribution < -0.4 is 5.32 Å². The number of nitrogens with one attached hydrogen (secondary N) is 1. The number of aryl methyl sites for hydroxylation is 2. The van der Waals surface area contributed by atoms with Crippen LogP contribution in [0.15, 0.2) is 60.7 Å². The summed E-state index contributed by atoms with van der Waals surface area (Å²) in [5, 5.41) is 3.32. The second-order valence-corrected chi connectivity index (χ2v) is 7.64. The van der Waals surface area contributed by atoms with E-state index >= 15 is 0 Å². The normalized spacial score (nSPS) is 14.2. The number of aromatic nitrogens is 2. The quantitative estimate of drug-likeness (QED) is 0.726. The van der Waals surface area contributed by atoms with Crippen LogP contribution in [0.1, 0.15) is 28.1 Å². The number of benzene rings is 2. The third kappa shape index (κ3) is 4.62. The third-order valence-electron chi connectivity index (χ3n) is 5.31. The van der Waals surface area contributed by atoms with Gasteiger partial charge < -0.3 is 10.2 Å². The zero-order valence-corrected chi connectivity index (χ0v) is 16.9. The lowest BCUT2D eigenvalue weighted by atomic mass is 9.98. The van der Waals surface area contributed by atoms with Crippen molar-refractivity contribution in [2.75, 3.05) is 11.9 Å². The number of nitrogens with zero attached hydrogens (tertiary/aromatic N) is 3. The zero-order valence-electron chi connectivity index (χ0n) is 16.9. The van der Waals surface area contributed by atoms with Gasteiger partial charge in [0.1, 0.15) is 6.04 Å². The van der Waals surface area contributed by atoms with Gasteiger partial charge in [0, 0.05) is 30.9 Å². The molecule has 3 aromatic rings. The molecular weight excluding hydrogens is 360 g/mol. The Morgan fingerprint density at radius 2 is 1.66 bits per heavy atom. The third-order valence-corrected chi connectivity index (χ3v) is 5.31. The number of carbonyl (C=O) groups excluding carboxylic acids is 1. The van der Waals surface area contributed by atoms with E-state index in [4.69, 9.17) is 0 Å². The predicted molar refractivity (Wildman–Crippen MR) is 115 cm³/mol. The maximum atomic E-state index is 13.5. The molecule has 2 heterocycles. The summed E-state index contributed by atoms with van der Waals surface area (Å²) in [6.45, 7) is 5.26. The number of carbonyl (C=O) groups is 1. The molecule has 0 unspecified atom stereocenters. The van der Waals surface area contributed by atoms with Crippen molar-refractivity contribution in [3.05, 3.63) is 88.7 Å². The van der Waals surface area contributed by atoms with Crippen LogP contribution in [0.2, 0.25) is 0 Å². The van der Waals surface area contributed by atoms with Crippen molar-refractivity contribution in [2.24, 2.45) is 0 Å². The van der Waals surface area contributed by atoms with Gasteiger partial charge in [-0.15, -0.1) is 0 Å². The fourth-order valence-corrected chi connectivity index (χ4v) is 3.90. The molecule has 1 N–H and O–H groups in total. The molecule has 29 heavy (non-hydrogen) atoms. The van der Waals surface area contributed by atoms with E-state index in [9.17, 15) is 4.79 Å². The summed E-state index contributed by atoms with van der Waals surface area (Å²) in [5.41, 5.74) is 5.45. The first-order valence-electron chi connectivity index (χ1n) is 10.1. The van der Waals surface area contributed by atoms with Crippen molar-refractivity contribution < 1.29 is 4.79 Å². The first kappa shape index (κ1) is 19.1. The average Bonchev–Trinajstić information content (AvgIpc) is 2.72. The molecule has 0 bridgehead atoms. The van der Waals surface area contributed by atoms with Gasteiger partial charge in [0.2, 0.25) is 11.9 Å². The number of fused-ring (bicyclic) bond motifs is 1. The monoisotopic (exact) mass is 386 g/mol. The van der Waals surface area contributed by atoms with Crippen molar-refractivity contribution in [1.29, 1.82) is 0 Å². The van der Waals surface area contributed by atoms with Crippen LogP contribution in [0.5, 0.6) is 0 Å². The van der Waals surface area contributed by atoms with E-state index in [1.165, 1.54) is 11.1 Å². The lowest BCUT2D eigenvalue weighted by Crippen LogP contribution is -2.46. The fraction of sp³-hybridized carbons (Fsp3) is 0.292. The van der Waals surface area contributed by atoms with Crippen molar-refractivity contribution in [1.82, 2.24) is 14.9 Å². The van der Waals surface area contributed by atoms with Gasteiger partial charge in [-0.3, -0.25) is 4.79 Å². The number of rotatable bonds is 5. The first-order valence-corrected chi connectivity index (χ1v) is 10.1. The Hall–Kier alpha value is -3.21. The Balaban J connectivity index is 1.58. The molecule has 0 saturated heterocycles. The summed E-state index contributed by atoms with van der Waals surface area (Å²) >= 11 is 0. The summed E-state index contributed by atoms with van der Waals surface area (Å²) in [6.07, 6.45) is 1.48. The highest BCUT2D eigenvalue weighted by atomic mass is 16.2. The van der Waals surface area contributed by atoms with Crippen LogP contribution >= 0.6 is 0 Å². The predicted octanol–water partition coefficient (Wildman–Crippen LogP) is 3.70. The van der Waals surface area contributed by atoms with E-state index in [0.717, 1.165) is 29.9 Å². The molecule has 0 spiro atoms. The minimum atomic E-state index is -0.413. The molecule has 1 amide bonds. The van der Waals surface area contributed by atoms with E-state index in [1.807, 2.05) is 49.1 Å². The molecule has 5 heteroatoms. The minimum absolute atomic E-state index is 0.0890. The van der Waals surface area contributed by atoms with Gasteiger partial charge in [0.05, 0.1) is 0 Å². The molecule has 2 aromatic carbocycles. The summed E-state index contributed by atoms with van der Waals surface area (Å²) in [5.74, 6) is 0.598. The van der Waals surface area contributed by atoms with Gasteiger partial charge in [-0.05, 0) is 43.0 Å². The second-order valence-electron chi connectivity index (χ2n) is 7.64. The molecule has 0 radical (unpaired) electrons. The maximum Gasteiger partial charge on any atom is 0.245 e. The molecule has 1 aliphatic rings. The summed E-state index contributed by atoms with van der Waals surface area (Å²) in [4.78, 5) is 24.4. The number of anilines is 1. The van der Waals surface area contributed by atoms with Crippen LogP contribution in [-0.4, -0.2) is 33.4 Å². The number of amides is 1. The number of hydrogen-bond donors (Lipinski definition) is 1. The van der Waals surface area contributed by atoms with Crippen molar-refractivity contribution in [3.8, 4) is 0 Å². The van der Waals surface area contributed by atoms with Gasteiger partial charge in [0.15, 0.2) is 0 Å². The molecule has 1 atom stereocenters. The van der Waals surface area contributed by atoms with Gasteiger partial charge >= 0.3 is 0 Å². The molecule has 1 aromatic heterocycles. The molecule has 0 fully saturated rings. The molecule has 0 aliphatic carbocycles. The SMILES string of the molecule is Cc1cc(C)nc(N[C@@H](Cc2ccccc2)C(=O)N2CCc3ccccc3C2)n1. The van der Waals surface area contributed by atoms with Gasteiger partial charge in [-0.1, -0.05) is 54.6 Å². The largest absolute Gasteiger partial charge is 0.342 e. The van der Waals surface area contributed by atoms with Crippen LogP contribution in [0.4, 0.5) is 5.95 Å². The van der Waals surface area contributed by atoms with Gasteiger partial charge in [0.25, 0.3) is 0 Å². The molecule has 5 nitrogen and oxygen atoms in total. The average molecular weight is 386 g/mol. The Kier molecular flexibility index (Phi) is 5.56. The highest BCUT2D eigenvalue weighted by Crippen LogP contribution is 2.20. The van der Waals surface area contributed by atoms with Gasteiger partial charge in [-0.2, -0.15) is 0 Å². The molecule has 0 saturated carbocycles. The second kappa shape index (κ2) is 8.43. The lowest BCUT2D eigenvalue weighted by Gasteiger charge is -2.32. The van der Waals surface area contributed by atoms with Crippen LogP contribution in [0.25, 0.3) is 0 Å². The fourth-order valence-electron chi connectivity index (χ4n) is 3.90. The van der Waals surface area contributed by atoms with Crippen molar-refractivity contribution >= 4 is 11.9 Å². The van der Waals surface area contributed by atoms with E-state index in [2.05, 4.69) is 45.6 Å². The molecule has 148 valence electrons. The topological polar surface area (TPSA) is 58.1 Å². The van der Waals surface area contributed by atoms with Crippen LogP contribution in [0, 0.1) is 13.8 Å². The van der Waals surface area contributed by atoms with Crippen molar-refractivity contribution in [2.45, 2.75) is 39.3 Å². The standard InChI is InChI=1S/C24H26N4O/c1-17-14-18(2)26-24(25-17)27-22(15-19-8-4-3-5-9-19)23(29)28-13-12-20-10-6-7-11-21(20)16-28/h3-11,14,22H,12-13,15-16H2,1-2H3,(H,25,26,27)/t22-/m0/s1. The minimum Gasteiger partial charge on any atom is -0.342 e. The lowest BCUT2D eigenvalue weighted by molar-refractivity contribution is -0.133. The highest BCUT2D eigenvalue weighted by molar-refractivity contribution is 5.85. The molecule has 1 aliphatic heterocycles. The number of hydrogen-bond acceptors (Lipinski definition) is 4. The van der Waals surface area contributed by atoms with E-state index < -0.39 is 6.04 Å². The smallest absolute Gasteiger partial charge is 0.245 e. The van der Waals surface area contributed by atoms with E-state index in [1.54, 1.807) is 0 Å². The summed E-state index contributed by atoms with van der Waals surface area (Å²) in [7, 11) is 0. The van der Waals surface area contributed by atoms with E-state index in [0.29, 0.717) is 18.9 Å². The van der Waals surface area contributed by atoms with E-state index in [-0.39, 0.29) is 5.91 Å². The van der Waals surface area contributed by atoms with Crippen LogP contribution in [-0.2, 0) is 24.2 Å². The van der Waals surface area contributed by atoms with Crippen molar-refractivity contribution in [3.63, 3.8) is 0 Å².